The van der Waals surface area contributed by atoms with Crippen molar-refractivity contribution in [3.8, 4) is 0 Å². The summed E-state index contributed by atoms with van der Waals surface area (Å²) in [7, 11) is 1.05. The van der Waals surface area contributed by atoms with Gasteiger partial charge in [-0.2, -0.15) is 13.2 Å². The number of carbonyl (C=O) groups excluding carboxylic acids is 1. The molecule has 0 aliphatic carbocycles. The minimum absolute atomic E-state index is 0.115. The number of hydrogen-bond donors (Lipinski definition) is 1. The van der Waals surface area contributed by atoms with Gasteiger partial charge in [0.25, 0.3) is 5.69 Å². The number of hydrogen-bond acceptors (Lipinski definition) is 4. The lowest BCUT2D eigenvalue weighted by Crippen LogP contribution is -2.38. The highest BCUT2D eigenvalue weighted by Gasteiger charge is 2.30. The third-order valence-corrected chi connectivity index (χ3v) is 2.36. The van der Waals surface area contributed by atoms with Gasteiger partial charge in [-0.05, 0) is 12.1 Å². The predicted molar refractivity (Wildman–Crippen MR) is 65.3 cm³/mol. The molecule has 1 aromatic carbocycles. The molecular weight excluding hydrogens is 279 g/mol. The van der Waals surface area contributed by atoms with Gasteiger partial charge in [0.05, 0.1) is 11.5 Å². The molecule has 1 amide bonds. The number of alkyl halides is 3. The summed E-state index contributed by atoms with van der Waals surface area (Å²) in [4.78, 5) is 21.8. The Kier molecular flexibility index (Phi) is 4.89. The van der Waals surface area contributed by atoms with Crippen LogP contribution in [0.3, 0.4) is 0 Å². The fourth-order valence-electron chi connectivity index (χ4n) is 1.37. The Labute approximate surface area is 112 Å². The van der Waals surface area contributed by atoms with Crippen molar-refractivity contribution in [2.75, 3.05) is 25.5 Å². The molecule has 0 atom stereocenters. The Hall–Kier alpha value is -2.32. The van der Waals surface area contributed by atoms with E-state index in [1.54, 1.807) is 0 Å². The van der Waals surface area contributed by atoms with Crippen molar-refractivity contribution in [1.82, 2.24) is 4.90 Å². The fraction of sp³-hybridized carbons (Fsp3) is 0.364. The number of anilines is 1. The number of non-ortho nitro benzene ring substituents is 1. The second-order valence-corrected chi connectivity index (χ2v) is 4.02. The topological polar surface area (TPSA) is 75.5 Å². The molecule has 0 saturated heterocycles. The van der Waals surface area contributed by atoms with E-state index in [1.807, 2.05) is 0 Å². The molecule has 0 heterocycles. The summed E-state index contributed by atoms with van der Waals surface area (Å²) in [5.41, 5.74) is 0.292. The van der Waals surface area contributed by atoms with Gasteiger partial charge in [-0.1, -0.05) is 0 Å². The number of rotatable bonds is 5. The van der Waals surface area contributed by atoms with Crippen molar-refractivity contribution in [2.24, 2.45) is 0 Å². The third-order valence-electron chi connectivity index (χ3n) is 2.36. The largest absolute Gasteiger partial charge is 0.406 e. The van der Waals surface area contributed by atoms with Crippen LogP contribution in [0.15, 0.2) is 24.3 Å². The molecule has 6 nitrogen and oxygen atoms in total. The van der Waals surface area contributed by atoms with E-state index < -0.39 is 23.6 Å². The Morgan fingerprint density at radius 3 is 2.35 bits per heavy atom. The van der Waals surface area contributed by atoms with Crippen molar-refractivity contribution < 1.29 is 22.9 Å². The van der Waals surface area contributed by atoms with Crippen LogP contribution >= 0.6 is 0 Å². The average molecular weight is 291 g/mol. The summed E-state index contributed by atoms with van der Waals surface area (Å²) in [5.74, 6) is -0.735. The van der Waals surface area contributed by atoms with Crippen molar-refractivity contribution in [3.05, 3.63) is 34.4 Å². The van der Waals surface area contributed by atoms with Crippen LogP contribution in [0.4, 0.5) is 24.5 Å². The summed E-state index contributed by atoms with van der Waals surface area (Å²) in [6.07, 6.45) is -4.45. The first kappa shape index (κ1) is 15.7. The van der Waals surface area contributed by atoms with E-state index in [9.17, 15) is 28.1 Å². The van der Waals surface area contributed by atoms with Crippen LogP contribution in [-0.4, -0.2) is 42.0 Å². The first-order valence-corrected chi connectivity index (χ1v) is 5.48. The summed E-state index contributed by atoms with van der Waals surface area (Å²) in [6.45, 7) is -1.65. The van der Waals surface area contributed by atoms with Gasteiger partial charge in [-0.25, -0.2) is 0 Å². The quantitative estimate of drug-likeness (QED) is 0.665. The Morgan fingerprint density at radius 2 is 1.90 bits per heavy atom. The van der Waals surface area contributed by atoms with E-state index in [0.29, 0.717) is 10.6 Å². The maximum Gasteiger partial charge on any atom is 0.406 e. The SMILES string of the molecule is CN(CC(F)(F)F)C(=O)CNc1ccc([N+](=O)[O-])cc1. The van der Waals surface area contributed by atoms with E-state index >= 15 is 0 Å². The highest BCUT2D eigenvalue weighted by molar-refractivity contribution is 5.80. The number of benzene rings is 1. The molecule has 20 heavy (non-hydrogen) atoms. The molecule has 0 radical (unpaired) electrons. The number of nitro groups is 1. The minimum atomic E-state index is -4.45. The van der Waals surface area contributed by atoms with E-state index in [-0.39, 0.29) is 12.2 Å². The second-order valence-electron chi connectivity index (χ2n) is 4.02. The van der Waals surface area contributed by atoms with Crippen molar-refractivity contribution >= 4 is 17.3 Å². The molecule has 1 aromatic rings. The first-order chi connectivity index (χ1) is 9.19. The number of nitrogens with one attached hydrogen (secondary N) is 1. The van der Waals surface area contributed by atoms with Crippen LogP contribution < -0.4 is 5.32 Å². The van der Waals surface area contributed by atoms with Gasteiger partial charge in [0.15, 0.2) is 0 Å². The van der Waals surface area contributed by atoms with Gasteiger partial charge in [-0.3, -0.25) is 14.9 Å². The highest BCUT2D eigenvalue weighted by Crippen LogP contribution is 2.17. The zero-order valence-corrected chi connectivity index (χ0v) is 10.5. The second kappa shape index (κ2) is 6.22. The van der Waals surface area contributed by atoms with Gasteiger partial charge >= 0.3 is 6.18 Å². The molecule has 0 aliphatic rings. The van der Waals surface area contributed by atoms with Crippen LogP contribution in [0, 0.1) is 10.1 Å². The average Bonchev–Trinajstić information content (AvgIpc) is 2.34. The molecule has 0 unspecified atom stereocenters. The number of amides is 1. The van der Waals surface area contributed by atoms with E-state index in [1.165, 1.54) is 24.3 Å². The lowest BCUT2D eigenvalue weighted by molar-refractivity contribution is -0.384. The zero-order chi connectivity index (χ0) is 15.3. The Morgan fingerprint density at radius 1 is 1.35 bits per heavy atom. The monoisotopic (exact) mass is 291 g/mol. The summed E-state index contributed by atoms with van der Waals surface area (Å²) in [6, 6.07) is 5.20. The van der Waals surface area contributed by atoms with E-state index in [4.69, 9.17) is 0 Å². The molecular formula is C11H12F3N3O3. The molecule has 0 aliphatic heterocycles. The standard InChI is InChI=1S/C11H12F3N3O3/c1-16(7-11(12,13)14)10(18)6-15-8-2-4-9(5-3-8)17(19)20/h2-5,15H,6-7H2,1H3. The van der Waals surface area contributed by atoms with Gasteiger partial charge < -0.3 is 10.2 Å². The van der Waals surface area contributed by atoms with Crippen molar-refractivity contribution in [3.63, 3.8) is 0 Å². The Balaban J connectivity index is 2.50. The lowest BCUT2D eigenvalue weighted by atomic mass is 10.3. The summed E-state index contributed by atoms with van der Waals surface area (Å²) >= 11 is 0. The van der Waals surface area contributed by atoms with E-state index in [2.05, 4.69) is 5.32 Å². The predicted octanol–water partition coefficient (Wildman–Crippen LogP) is 2.03. The zero-order valence-electron chi connectivity index (χ0n) is 10.5. The first-order valence-electron chi connectivity index (χ1n) is 5.48. The van der Waals surface area contributed by atoms with Crippen molar-refractivity contribution in [2.45, 2.75) is 6.18 Å². The van der Waals surface area contributed by atoms with Crippen LogP contribution in [0.25, 0.3) is 0 Å². The minimum Gasteiger partial charge on any atom is -0.376 e. The lowest BCUT2D eigenvalue weighted by Gasteiger charge is -2.19. The maximum atomic E-state index is 12.1. The number of nitrogens with zero attached hydrogens (tertiary/aromatic N) is 2. The third kappa shape index (κ3) is 5.12. The molecule has 9 heteroatoms. The van der Waals surface area contributed by atoms with Gasteiger partial charge in [0.1, 0.15) is 6.54 Å². The molecule has 0 bridgehead atoms. The number of likely N-dealkylation sites (N-methyl/N-ethyl adjacent to an activating group) is 1. The molecule has 1 N–H and O–H groups in total. The van der Waals surface area contributed by atoms with Gasteiger partial charge in [0, 0.05) is 24.9 Å². The highest BCUT2D eigenvalue weighted by atomic mass is 19.4. The number of carbonyl (C=O) groups is 1. The fourth-order valence-corrected chi connectivity index (χ4v) is 1.37. The maximum absolute atomic E-state index is 12.1. The summed E-state index contributed by atoms with van der Waals surface area (Å²) < 4.78 is 36.2. The van der Waals surface area contributed by atoms with Crippen LogP contribution in [0.2, 0.25) is 0 Å². The smallest absolute Gasteiger partial charge is 0.376 e. The Bertz CT molecular complexity index is 488. The van der Waals surface area contributed by atoms with Gasteiger partial charge in [0.2, 0.25) is 5.91 Å². The van der Waals surface area contributed by atoms with E-state index in [0.717, 1.165) is 7.05 Å². The van der Waals surface area contributed by atoms with Gasteiger partial charge in [-0.15, -0.1) is 0 Å². The number of halogens is 3. The molecule has 0 aromatic heterocycles. The molecule has 0 fully saturated rings. The van der Waals surface area contributed by atoms with Crippen LogP contribution in [0.5, 0.6) is 0 Å². The van der Waals surface area contributed by atoms with Crippen molar-refractivity contribution in [1.29, 1.82) is 0 Å². The van der Waals surface area contributed by atoms with Crippen LogP contribution in [0.1, 0.15) is 0 Å². The molecule has 0 saturated carbocycles. The molecule has 110 valence electrons. The van der Waals surface area contributed by atoms with Crippen LogP contribution in [-0.2, 0) is 4.79 Å². The normalized spacial score (nSPS) is 11.0. The molecule has 0 spiro atoms. The summed E-state index contributed by atoms with van der Waals surface area (Å²) in [5, 5.41) is 13.0. The number of nitro benzene ring substituents is 1. The molecule has 1 rings (SSSR count).